The molecule has 2 heterocycles. The molecule has 0 saturated carbocycles. The van der Waals surface area contributed by atoms with Gasteiger partial charge in [0.1, 0.15) is 0 Å². The lowest BCUT2D eigenvalue weighted by atomic mass is 9.95. The minimum Gasteiger partial charge on any atom is -0.354 e. The summed E-state index contributed by atoms with van der Waals surface area (Å²) in [5.74, 6) is 1.42. The standard InChI is InChI=1S/C14H25N5/c1-11(9-15)19(3)14-7-6-13(16-17-14)12-5-4-8-18(2)10-12/h6-7,11-12H,4-5,8-10,15H2,1-3H3. The van der Waals surface area contributed by atoms with Crippen molar-refractivity contribution in [3.63, 3.8) is 0 Å². The number of hydrogen-bond donors (Lipinski definition) is 1. The van der Waals surface area contributed by atoms with Crippen molar-refractivity contribution >= 4 is 5.82 Å². The van der Waals surface area contributed by atoms with Gasteiger partial charge in [-0.2, -0.15) is 5.10 Å². The monoisotopic (exact) mass is 263 g/mol. The molecule has 0 aromatic carbocycles. The highest BCUT2D eigenvalue weighted by Crippen LogP contribution is 2.25. The minimum atomic E-state index is 0.279. The molecular weight excluding hydrogens is 238 g/mol. The summed E-state index contributed by atoms with van der Waals surface area (Å²) in [5, 5.41) is 8.77. The van der Waals surface area contributed by atoms with Gasteiger partial charge in [0.05, 0.1) is 5.69 Å². The van der Waals surface area contributed by atoms with E-state index in [-0.39, 0.29) is 6.04 Å². The molecule has 106 valence electrons. The molecule has 1 saturated heterocycles. The van der Waals surface area contributed by atoms with Gasteiger partial charge in [0.25, 0.3) is 0 Å². The van der Waals surface area contributed by atoms with Crippen LogP contribution in [0.2, 0.25) is 0 Å². The van der Waals surface area contributed by atoms with Crippen molar-refractivity contribution in [2.24, 2.45) is 5.73 Å². The van der Waals surface area contributed by atoms with Gasteiger partial charge in [0, 0.05) is 32.1 Å². The Hall–Kier alpha value is -1.20. The van der Waals surface area contributed by atoms with E-state index in [9.17, 15) is 0 Å². The summed E-state index contributed by atoms with van der Waals surface area (Å²) in [4.78, 5) is 4.44. The minimum absolute atomic E-state index is 0.279. The van der Waals surface area contributed by atoms with Crippen LogP contribution in [0.5, 0.6) is 0 Å². The van der Waals surface area contributed by atoms with Gasteiger partial charge in [-0.1, -0.05) is 0 Å². The van der Waals surface area contributed by atoms with Crippen LogP contribution in [0.1, 0.15) is 31.4 Å². The third-order valence-corrected chi connectivity index (χ3v) is 4.08. The number of nitrogens with two attached hydrogens (primary N) is 1. The zero-order chi connectivity index (χ0) is 13.8. The van der Waals surface area contributed by atoms with Crippen LogP contribution < -0.4 is 10.6 Å². The van der Waals surface area contributed by atoms with Crippen molar-refractivity contribution in [2.75, 3.05) is 38.6 Å². The molecule has 5 nitrogen and oxygen atoms in total. The van der Waals surface area contributed by atoms with E-state index < -0.39 is 0 Å². The molecule has 0 spiro atoms. The summed E-state index contributed by atoms with van der Waals surface area (Å²) < 4.78 is 0. The summed E-state index contributed by atoms with van der Waals surface area (Å²) in [6, 6.07) is 4.45. The molecule has 19 heavy (non-hydrogen) atoms. The lowest BCUT2D eigenvalue weighted by Gasteiger charge is -2.29. The van der Waals surface area contributed by atoms with Crippen LogP contribution in [0.25, 0.3) is 0 Å². The normalized spacial score (nSPS) is 22.2. The van der Waals surface area contributed by atoms with Gasteiger partial charge in [-0.15, -0.1) is 5.10 Å². The SMILES string of the molecule is CC(CN)N(C)c1ccc(C2CCCN(C)C2)nn1. The van der Waals surface area contributed by atoms with E-state index in [4.69, 9.17) is 5.73 Å². The van der Waals surface area contributed by atoms with E-state index in [0.717, 1.165) is 18.1 Å². The van der Waals surface area contributed by atoms with Crippen molar-refractivity contribution in [2.45, 2.75) is 31.7 Å². The number of hydrogen-bond acceptors (Lipinski definition) is 5. The van der Waals surface area contributed by atoms with Crippen molar-refractivity contribution in [3.8, 4) is 0 Å². The number of anilines is 1. The van der Waals surface area contributed by atoms with E-state index in [0.29, 0.717) is 12.5 Å². The van der Waals surface area contributed by atoms with E-state index in [1.165, 1.54) is 19.4 Å². The molecule has 1 fully saturated rings. The molecule has 1 aliphatic rings. The maximum Gasteiger partial charge on any atom is 0.151 e. The molecule has 1 aromatic heterocycles. The highest BCUT2D eigenvalue weighted by molar-refractivity contribution is 5.37. The quantitative estimate of drug-likeness (QED) is 0.880. The van der Waals surface area contributed by atoms with Gasteiger partial charge >= 0.3 is 0 Å². The van der Waals surface area contributed by atoms with E-state index in [1.807, 2.05) is 7.05 Å². The van der Waals surface area contributed by atoms with Crippen LogP contribution in [0.4, 0.5) is 5.82 Å². The largest absolute Gasteiger partial charge is 0.354 e. The molecule has 0 radical (unpaired) electrons. The van der Waals surface area contributed by atoms with E-state index in [2.05, 4.69) is 46.1 Å². The molecule has 0 aliphatic carbocycles. The van der Waals surface area contributed by atoms with Gasteiger partial charge in [0.2, 0.25) is 0 Å². The Morgan fingerprint density at radius 3 is 2.84 bits per heavy atom. The van der Waals surface area contributed by atoms with Gasteiger partial charge in [-0.3, -0.25) is 0 Å². The summed E-state index contributed by atoms with van der Waals surface area (Å²) in [5.41, 5.74) is 6.79. The van der Waals surface area contributed by atoms with Crippen molar-refractivity contribution in [1.29, 1.82) is 0 Å². The Balaban J connectivity index is 2.05. The average molecular weight is 263 g/mol. The van der Waals surface area contributed by atoms with Gasteiger partial charge in [-0.25, -0.2) is 0 Å². The number of aromatic nitrogens is 2. The first-order valence-corrected chi connectivity index (χ1v) is 7.07. The number of likely N-dealkylation sites (tertiary alicyclic amines) is 1. The second-order valence-electron chi connectivity index (χ2n) is 5.61. The van der Waals surface area contributed by atoms with Crippen LogP contribution in [0, 0.1) is 0 Å². The fourth-order valence-electron chi connectivity index (χ4n) is 2.53. The zero-order valence-electron chi connectivity index (χ0n) is 12.2. The van der Waals surface area contributed by atoms with Crippen molar-refractivity contribution in [1.82, 2.24) is 15.1 Å². The highest BCUT2D eigenvalue weighted by Gasteiger charge is 2.20. The molecule has 2 N–H and O–H groups in total. The molecule has 1 aliphatic heterocycles. The number of likely N-dealkylation sites (N-methyl/N-ethyl adjacent to an activating group) is 2. The Kier molecular flexibility index (Phi) is 4.71. The second-order valence-corrected chi connectivity index (χ2v) is 5.61. The molecule has 1 aromatic rings. The Morgan fingerprint density at radius 2 is 2.26 bits per heavy atom. The molecule has 5 heteroatoms. The molecular formula is C14H25N5. The fraction of sp³-hybridized carbons (Fsp3) is 0.714. The van der Waals surface area contributed by atoms with Crippen molar-refractivity contribution in [3.05, 3.63) is 17.8 Å². The van der Waals surface area contributed by atoms with Crippen LogP contribution in [0.3, 0.4) is 0 Å². The van der Waals surface area contributed by atoms with Gasteiger partial charge < -0.3 is 15.5 Å². The van der Waals surface area contributed by atoms with E-state index in [1.54, 1.807) is 0 Å². The molecule has 0 bridgehead atoms. The maximum absolute atomic E-state index is 5.68. The second kappa shape index (κ2) is 6.30. The van der Waals surface area contributed by atoms with Crippen LogP contribution >= 0.6 is 0 Å². The third-order valence-electron chi connectivity index (χ3n) is 4.08. The number of rotatable bonds is 4. The van der Waals surface area contributed by atoms with Crippen LogP contribution in [-0.2, 0) is 0 Å². The summed E-state index contributed by atoms with van der Waals surface area (Å²) in [6.45, 7) is 4.99. The molecule has 2 atom stereocenters. The smallest absolute Gasteiger partial charge is 0.151 e. The van der Waals surface area contributed by atoms with Gasteiger partial charge in [0.15, 0.2) is 5.82 Å². The number of piperidine rings is 1. The maximum atomic E-state index is 5.68. The Bertz CT molecular complexity index is 391. The highest BCUT2D eigenvalue weighted by atomic mass is 15.3. The van der Waals surface area contributed by atoms with E-state index >= 15 is 0 Å². The molecule has 0 amide bonds. The lowest BCUT2D eigenvalue weighted by molar-refractivity contribution is 0.248. The Labute approximate surface area is 115 Å². The predicted octanol–water partition coefficient (Wildman–Crippen LogP) is 1.07. The van der Waals surface area contributed by atoms with Crippen LogP contribution in [0.15, 0.2) is 12.1 Å². The predicted molar refractivity (Wildman–Crippen MR) is 78.4 cm³/mol. The Morgan fingerprint density at radius 1 is 1.47 bits per heavy atom. The lowest BCUT2D eigenvalue weighted by Crippen LogP contribution is -2.36. The van der Waals surface area contributed by atoms with Crippen LogP contribution in [-0.4, -0.2) is 54.9 Å². The molecule has 2 rings (SSSR count). The van der Waals surface area contributed by atoms with Crippen molar-refractivity contribution < 1.29 is 0 Å². The average Bonchev–Trinajstić information content (AvgIpc) is 2.46. The third kappa shape index (κ3) is 3.42. The zero-order valence-corrected chi connectivity index (χ0v) is 12.2. The topological polar surface area (TPSA) is 58.3 Å². The first-order chi connectivity index (χ1) is 9.11. The molecule has 2 unspecified atom stereocenters. The summed E-state index contributed by atoms with van der Waals surface area (Å²) >= 11 is 0. The summed E-state index contributed by atoms with van der Waals surface area (Å²) in [6.07, 6.45) is 2.46. The van der Waals surface area contributed by atoms with Gasteiger partial charge in [-0.05, 0) is 45.5 Å². The fourth-order valence-corrected chi connectivity index (χ4v) is 2.53. The first-order valence-electron chi connectivity index (χ1n) is 7.07. The first kappa shape index (κ1) is 14.2. The summed E-state index contributed by atoms with van der Waals surface area (Å²) in [7, 11) is 4.18. The number of nitrogens with zero attached hydrogens (tertiary/aromatic N) is 4.